The molecule has 0 spiro atoms. The van der Waals surface area contributed by atoms with Gasteiger partial charge in [-0.2, -0.15) is 0 Å². The quantitative estimate of drug-likeness (QED) is 0.636. The van der Waals surface area contributed by atoms with Crippen LogP contribution in [0.15, 0.2) is 21.2 Å². The first kappa shape index (κ1) is 18.2. The van der Waals surface area contributed by atoms with Crippen LogP contribution >= 0.6 is 15.9 Å². The molecule has 0 aromatic carbocycles. The number of carbonyl (C=O) groups excluding carboxylic acids is 3. The fourth-order valence-corrected chi connectivity index (χ4v) is 1.82. The Morgan fingerprint density at radius 1 is 1.23 bits per heavy atom. The lowest BCUT2D eigenvalue weighted by molar-refractivity contribution is -0.122. The highest BCUT2D eigenvalue weighted by atomic mass is 79.9. The second-order valence-corrected chi connectivity index (χ2v) is 5.54. The molecule has 1 aromatic heterocycles. The van der Waals surface area contributed by atoms with Gasteiger partial charge in [-0.25, -0.2) is 0 Å². The van der Waals surface area contributed by atoms with Crippen LogP contribution in [0.4, 0.5) is 0 Å². The normalized spacial score (nSPS) is 11.6. The fourth-order valence-electron chi connectivity index (χ4n) is 1.51. The maximum Gasteiger partial charge on any atom is 0.287 e. The van der Waals surface area contributed by atoms with E-state index in [-0.39, 0.29) is 43.1 Å². The number of amides is 3. The first-order valence-electron chi connectivity index (χ1n) is 7.02. The monoisotopic (exact) mass is 373 g/mol. The number of hydrogen-bond donors (Lipinski definition) is 3. The molecule has 0 bridgehead atoms. The van der Waals surface area contributed by atoms with E-state index in [1.54, 1.807) is 6.07 Å². The van der Waals surface area contributed by atoms with Crippen LogP contribution in [0.1, 0.15) is 37.2 Å². The SMILES string of the molecule is CCC(C)NC(=O)CCNC(=O)CNC(=O)c1ccc(Br)o1. The minimum atomic E-state index is -0.477. The highest BCUT2D eigenvalue weighted by Gasteiger charge is 2.12. The van der Waals surface area contributed by atoms with Crippen LogP contribution in [0.25, 0.3) is 0 Å². The minimum absolute atomic E-state index is 0.112. The van der Waals surface area contributed by atoms with Crippen molar-refractivity contribution < 1.29 is 18.8 Å². The fraction of sp³-hybridized carbons (Fsp3) is 0.500. The van der Waals surface area contributed by atoms with Crippen LogP contribution in [0.2, 0.25) is 0 Å². The van der Waals surface area contributed by atoms with Gasteiger partial charge in [0.15, 0.2) is 10.4 Å². The third kappa shape index (κ3) is 6.75. The van der Waals surface area contributed by atoms with Gasteiger partial charge in [0.1, 0.15) is 0 Å². The first-order chi connectivity index (χ1) is 10.4. The Morgan fingerprint density at radius 3 is 2.55 bits per heavy atom. The Hall–Kier alpha value is -1.83. The molecule has 0 radical (unpaired) electrons. The standard InChI is InChI=1S/C14H20BrN3O4/c1-3-9(2)18-12(19)6-7-16-13(20)8-17-14(21)10-4-5-11(15)22-10/h4-5,9H,3,6-8H2,1-2H3,(H,16,20)(H,17,21)(H,18,19). The first-order valence-corrected chi connectivity index (χ1v) is 7.81. The number of halogens is 1. The molecule has 0 saturated carbocycles. The molecule has 1 unspecified atom stereocenters. The van der Waals surface area contributed by atoms with Crippen LogP contribution in [0.5, 0.6) is 0 Å². The highest BCUT2D eigenvalue weighted by Crippen LogP contribution is 2.13. The van der Waals surface area contributed by atoms with Crippen molar-refractivity contribution in [3.05, 3.63) is 22.6 Å². The van der Waals surface area contributed by atoms with E-state index in [4.69, 9.17) is 4.42 Å². The van der Waals surface area contributed by atoms with Crippen LogP contribution in [0.3, 0.4) is 0 Å². The Labute approximate surface area is 137 Å². The molecule has 0 aliphatic rings. The summed E-state index contributed by atoms with van der Waals surface area (Å²) in [5.41, 5.74) is 0. The van der Waals surface area contributed by atoms with Gasteiger partial charge < -0.3 is 20.4 Å². The summed E-state index contributed by atoms with van der Waals surface area (Å²) in [6.45, 7) is 3.94. The molecular formula is C14H20BrN3O4. The van der Waals surface area contributed by atoms with E-state index < -0.39 is 5.91 Å². The van der Waals surface area contributed by atoms with Crippen LogP contribution in [-0.2, 0) is 9.59 Å². The molecule has 8 heteroatoms. The number of nitrogens with one attached hydrogen (secondary N) is 3. The summed E-state index contributed by atoms with van der Waals surface area (Å²) in [4.78, 5) is 34.7. The minimum Gasteiger partial charge on any atom is -0.444 e. The van der Waals surface area contributed by atoms with Gasteiger partial charge >= 0.3 is 0 Å². The smallest absolute Gasteiger partial charge is 0.287 e. The maximum atomic E-state index is 11.6. The third-order valence-electron chi connectivity index (χ3n) is 2.90. The van der Waals surface area contributed by atoms with E-state index in [9.17, 15) is 14.4 Å². The van der Waals surface area contributed by atoms with Gasteiger partial charge in [0.05, 0.1) is 6.54 Å². The Kier molecular flexibility index (Phi) is 7.65. The van der Waals surface area contributed by atoms with Crippen molar-refractivity contribution in [1.82, 2.24) is 16.0 Å². The van der Waals surface area contributed by atoms with Crippen molar-refractivity contribution in [3.63, 3.8) is 0 Å². The molecule has 3 N–H and O–H groups in total. The van der Waals surface area contributed by atoms with Crippen molar-refractivity contribution in [1.29, 1.82) is 0 Å². The molecule has 7 nitrogen and oxygen atoms in total. The average molecular weight is 374 g/mol. The zero-order valence-corrected chi connectivity index (χ0v) is 14.2. The maximum absolute atomic E-state index is 11.6. The molecule has 0 aliphatic carbocycles. The predicted octanol–water partition coefficient (Wildman–Crippen LogP) is 1.19. The number of hydrogen-bond acceptors (Lipinski definition) is 4. The predicted molar refractivity (Wildman–Crippen MR) is 84.3 cm³/mol. The summed E-state index contributed by atoms with van der Waals surface area (Å²) in [5.74, 6) is -0.836. The van der Waals surface area contributed by atoms with Gasteiger partial charge in [0, 0.05) is 19.0 Å². The van der Waals surface area contributed by atoms with E-state index in [1.807, 2.05) is 13.8 Å². The molecule has 0 fully saturated rings. The molecular weight excluding hydrogens is 354 g/mol. The van der Waals surface area contributed by atoms with Crippen LogP contribution in [0, 0.1) is 0 Å². The highest BCUT2D eigenvalue weighted by molar-refractivity contribution is 9.10. The van der Waals surface area contributed by atoms with Crippen LogP contribution < -0.4 is 16.0 Å². The summed E-state index contributed by atoms with van der Waals surface area (Å²) in [6, 6.07) is 3.21. The molecule has 1 rings (SSSR count). The Bertz CT molecular complexity index is 530. The molecule has 0 aliphatic heterocycles. The van der Waals surface area contributed by atoms with Crippen molar-refractivity contribution in [3.8, 4) is 0 Å². The van der Waals surface area contributed by atoms with Crippen molar-refractivity contribution in [2.24, 2.45) is 0 Å². The van der Waals surface area contributed by atoms with E-state index in [0.29, 0.717) is 4.67 Å². The van der Waals surface area contributed by atoms with Gasteiger partial charge in [0.25, 0.3) is 5.91 Å². The number of rotatable bonds is 8. The van der Waals surface area contributed by atoms with Crippen molar-refractivity contribution in [2.45, 2.75) is 32.7 Å². The molecule has 1 heterocycles. The topological polar surface area (TPSA) is 100 Å². The van der Waals surface area contributed by atoms with Gasteiger partial charge in [-0.3, -0.25) is 14.4 Å². The van der Waals surface area contributed by atoms with E-state index >= 15 is 0 Å². The summed E-state index contributed by atoms with van der Waals surface area (Å²) in [6.07, 6.45) is 1.06. The molecule has 3 amide bonds. The second kappa shape index (κ2) is 9.24. The van der Waals surface area contributed by atoms with Gasteiger partial charge in [-0.1, -0.05) is 6.92 Å². The van der Waals surface area contributed by atoms with Crippen molar-refractivity contribution in [2.75, 3.05) is 13.1 Å². The van der Waals surface area contributed by atoms with E-state index in [2.05, 4.69) is 31.9 Å². The van der Waals surface area contributed by atoms with Gasteiger partial charge in [-0.05, 0) is 41.4 Å². The lowest BCUT2D eigenvalue weighted by Gasteiger charge is -2.11. The lowest BCUT2D eigenvalue weighted by Crippen LogP contribution is -2.39. The van der Waals surface area contributed by atoms with Crippen molar-refractivity contribution >= 4 is 33.7 Å². The third-order valence-corrected chi connectivity index (χ3v) is 3.33. The largest absolute Gasteiger partial charge is 0.444 e. The lowest BCUT2D eigenvalue weighted by atomic mass is 10.2. The average Bonchev–Trinajstić information content (AvgIpc) is 2.91. The summed E-state index contributed by atoms with van der Waals surface area (Å²) in [5, 5.41) is 7.79. The van der Waals surface area contributed by atoms with E-state index in [1.165, 1.54) is 6.07 Å². The Balaban J connectivity index is 2.18. The molecule has 122 valence electrons. The summed E-state index contributed by atoms with van der Waals surface area (Å²) < 4.78 is 5.50. The zero-order chi connectivity index (χ0) is 16.5. The van der Waals surface area contributed by atoms with E-state index in [0.717, 1.165) is 6.42 Å². The number of furan rings is 1. The Morgan fingerprint density at radius 2 is 1.95 bits per heavy atom. The van der Waals surface area contributed by atoms with Crippen LogP contribution in [-0.4, -0.2) is 36.9 Å². The number of carbonyl (C=O) groups is 3. The summed E-state index contributed by atoms with van der Waals surface area (Å²) >= 11 is 3.09. The van der Waals surface area contributed by atoms with Gasteiger partial charge in [0.2, 0.25) is 11.8 Å². The molecule has 1 atom stereocenters. The molecule has 0 saturated heterocycles. The second-order valence-electron chi connectivity index (χ2n) is 4.76. The molecule has 1 aromatic rings. The molecule has 22 heavy (non-hydrogen) atoms. The summed E-state index contributed by atoms with van der Waals surface area (Å²) in [7, 11) is 0. The van der Waals surface area contributed by atoms with Gasteiger partial charge in [-0.15, -0.1) is 0 Å². The zero-order valence-electron chi connectivity index (χ0n) is 12.6.